The van der Waals surface area contributed by atoms with E-state index in [0.717, 1.165) is 68.0 Å². The lowest BCUT2D eigenvalue weighted by molar-refractivity contribution is -0.128. The molecule has 2 aromatic heterocycles. The molecule has 0 aromatic carbocycles. The van der Waals surface area contributed by atoms with Gasteiger partial charge in [0.2, 0.25) is 5.91 Å². The number of pyridine rings is 1. The number of fused-ring (bicyclic) bond motifs is 3. The van der Waals surface area contributed by atoms with Crippen LogP contribution in [0.5, 0.6) is 5.75 Å². The van der Waals surface area contributed by atoms with Gasteiger partial charge in [0.05, 0.1) is 24.7 Å². The summed E-state index contributed by atoms with van der Waals surface area (Å²) in [6.07, 6.45) is 9.82. The van der Waals surface area contributed by atoms with Gasteiger partial charge in [0, 0.05) is 36.8 Å². The molecule has 2 aromatic rings. The average Bonchev–Trinajstić information content (AvgIpc) is 3.43. The van der Waals surface area contributed by atoms with Crippen molar-refractivity contribution in [2.75, 3.05) is 33.4 Å². The molecule has 0 radical (unpaired) electrons. The number of nitrogens with zero attached hydrogens (tertiary/aromatic N) is 2. The summed E-state index contributed by atoms with van der Waals surface area (Å²) >= 11 is 1.76. The molecular weight excluding hydrogens is 450 g/mol. The number of amides is 1. The van der Waals surface area contributed by atoms with Crippen molar-refractivity contribution in [3.63, 3.8) is 0 Å². The van der Waals surface area contributed by atoms with Crippen molar-refractivity contribution in [3.05, 3.63) is 22.7 Å². The Morgan fingerprint density at radius 3 is 2.76 bits per heavy atom. The number of rotatable bonds is 8. The standard InChI is InChI=1S/C26H37N3O4S/c1-3-26(29-12-14-32-15-13-29)9-6-18(7-10-26)33-19-8-11-28-25-23(19)22-17(4-5-21(22)34-25)16-20(31-2)24(27)30/h8,11,17-18,20H,3-7,9-10,12-16H2,1-2H3,(H2,27,30)/t17-,18?,20+,26?/m1/s1. The van der Waals surface area contributed by atoms with Gasteiger partial charge >= 0.3 is 0 Å². The quantitative estimate of drug-likeness (QED) is 0.605. The molecule has 8 heteroatoms. The van der Waals surface area contributed by atoms with E-state index in [2.05, 4.69) is 16.8 Å². The lowest BCUT2D eigenvalue weighted by atomic mass is 9.77. The molecule has 3 aliphatic rings. The summed E-state index contributed by atoms with van der Waals surface area (Å²) in [5, 5.41) is 1.14. The summed E-state index contributed by atoms with van der Waals surface area (Å²) in [6, 6.07) is 2.02. The van der Waals surface area contributed by atoms with Crippen LogP contribution in [0.4, 0.5) is 0 Å². The first-order chi connectivity index (χ1) is 16.5. The fraction of sp³-hybridized carbons (Fsp3) is 0.692. The van der Waals surface area contributed by atoms with Crippen molar-refractivity contribution < 1.29 is 19.0 Å². The van der Waals surface area contributed by atoms with Crippen LogP contribution in [-0.4, -0.2) is 67.0 Å². The van der Waals surface area contributed by atoms with E-state index in [1.807, 2.05) is 12.3 Å². The molecule has 2 N–H and O–H groups in total. The molecule has 2 fully saturated rings. The Morgan fingerprint density at radius 1 is 1.32 bits per heavy atom. The molecule has 0 spiro atoms. The van der Waals surface area contributed by atoms with Crippen LogP contribution in [-0.2, 0) is 20.7 Å². The Morgan fingerprint density at radius 2 is 2.09 bits per heavy atom. The Labute approximate surface area is 205 Å². The number of aromatic nitrogens is 1. The molecular formula is C26H37N3O4S. The topological polar surface area (TPSA) is 86.9 Å². The monoisotopic (exact) mass is 487 g/mol. The molecule has 34 heavy (non-hydrogen) atoms. The molecule has 0 unspecified atom stereocenters. The highest BCUT2D eigenvalue weighted by Crippen LogP contribution is 2.49. The van der Waals surface area contributed by atoms with Gasteiger partial charge in [0.15, 0.2) is 0 Å². The molecule has 1 amide bonds. The van der Waals surface area contributed by atoms with Crippen LogP contribution in [0.25, 0.3) is 10.2 Å². The first kappa shape index (κ1) is 24.0. The van der Waals surface area contributed by atoms with Gasteiger partial charge in [-0.15, -0.1) is 11.3 Å². The number of ether oxygens (including phenoxy) is 3. The number of methoxy groups -OCH3 is 1. The molecule has 0 bridgehead atoms. The third-order valence-corrected chi connectivity index (χ3v) is 9.57. The van der Waals surface area contributed by atoms with Gasteiger partial charge < -0.3 is 19.9 Å². The van der Waals surface area contributed by atoms with Gasteiger partial charge in [0.25, 0.3) is 0 Å². The molecule has 1 aliphatic heterocycles. The summed E-state index contributed by atoms with van der Waals surface area (Å²) in [5.74, 6) is 0.794. The number of carbonyl (C=O) groups excluding carboxylic acids is 1. The van der Waals surface area contributed by atoms with Gasteiger partial charge in [-0.1, -0.05) is 6.92 Å². The Bertz CT molecular complexity index is 1010. The number of morpholine rings is 1. The maximum atomic E-state index is 11.8. The lowest BCUT2D eigenvalue weighted by Gasteiger charge is -2.49. The molecule has 1 saturated carbocycles. The second-order valence-electron chi connectivity index (χ2n) is 10.0. The number of hydrogen-bond acceptors (Lipinski definition) is 7. The Kier molecular flexibility index (Phi) is 7.12. The zero-order chi connectivity index (χ0) is 23.7. The van der Waals surface area contributed by atoms with Crippen molar-refractivity contribution in [1.82, 2.24) is 9.88 Å². The minimum Gasteiger partial charge on any atom is -0.490 e. The molecule has 2 aliphatic carbocycles. The van der Waals surface area contributed by atoms with Crippen LogP contribution in [0, 0.1) is 0 Å². The molecule has 1 saturated heterocycles. The summed E-state index contributed by atoms with van der Waals surface area (Å²) in [5.41, 5.74) is 7.16. The number of nitrogens with two attached hydrogens (primary N) is 1. The van der Waals surface area contributed by atoms with Crippen LogP contribution in [0.2, 0.25) is 0 Å². The van der Waals surface area contributed by atoms with Crippen LogP contribution < -0.4 is 10.5 Å². The van der Waals surface area contributed by atoms with Crippen LogP contribution >= 0.6 is 11.3 Å². The second-order valence-corrected chi connectivity index (χ2v) is 11.1. The summed E-state index contributed by atoms with van der Waals surface area (Å²) in [7, 11) is 1.56. The Balaban J connectivity index is 1.34. The van der Waals surface area contributed by atoms with Gasteiger partial charge in [0.1, 0.15) is 16.7 Å². The third kappa shape index (κ3) is 4.45. The number of carbonyl (C=O) groups is 1. The van der Waals surface area contributed by atoms with Crippen molar-refractivity contribution in [2.45, 2.75) is 82.0 Å². The number of primary amides is 1. The normalized spacial score (nSPS) is 28.6. The molecule has 2 atom stereocenters. The Hall–Kier alpha value is -1.74. The van der Waals surface area contributed by atoms with E-state index in [1.54, 1.807) is 18.4 Å². The van der Waals surface area contributed by atoms with Gasteiger partial charge in [-0.05, 0) is 68.9 Å². The van der Waals surface area contributed by atoms with E-state index < -0.39 is 12.0 Å². The maximum Gasteiger partial charge on any atom is 0.246 e. The van der Waals surface area contributed by atoms with Crippen molar-refractivity contribution in [2.24, 2.45) is 5.73 Å². The lowest BCUT2D eigenvalue weighted by Crippen LogP contribution is -2.55. The molecule has 3 heterocycles. The van der Waals surface area contributed by atoms with E-state index in [0.29, 0.717) is 6.42 Å². The van der Waals surface area contributed by atoms with Crippen molar-refractivity contribution in [3.8, 4) is 5.75 Å². The van der Waals surface area contributed by atoms with Crippen molar-refractivity contribution >= 4 is 27.5 Å². The van der Waals surface area contributed by atoms with E-state index in [4.69, 9.17) is 19.9 Å². The van der Waals surface area contributed by atoms with E-state index in [1.165, 1.54) is 29.7 Å². The number of thiophene rings is 1. The van der Waals surface area contributed by atoms with E-state index >= 15 is 0 Å². The number of aryl methyl sites for hydroxylation is 1. The highest BCUT2D eigenvalue weighted by molar-refractivity contribution is 7.19. The molecule has 186 valence electrons. The zero-order valence-corrected chi connectivity index (χ0v) is 21.2. The van der Waals surface area contributed by atoms with Crippen LogP contribution in [0.15, 0.2) is 12.3 Å². The van der Waals surface area contributed by atoms with Gasteiger partial charge in [-0.25, -0.2) is 4.98 Å². The molecule has 5 rings (SSSR count). The highest BCUT2D eigenvalue weighted by atomic mass is 32.1. The minimum absolute atomic E-state index is 0.221. The number of hydrogen-bond donors (Lipinski definition) is 1. The minimum atomic E-state index is -0.562. The maximum absolute atomic E-state index is 11.8. The van der Waals surface area contributed by atoms with E-state index in [9.17, 15) is 4.79 Å². The third-order valence-electron chi connectivity index (χ3n) is 8.39. The van der Waals surface area contributed by atoms with Gasteiger partial charge in [-0.2, -0.15) is 0 Å². The van der Waals surface area contributed by atoms with E-state index in [-0.39, 0.29) is 17.6 Å². The smallest absolute Gasteiger partial charge is 0.246 e. The van der Waals surface area contributed by atoms with Crippen molar-refractivity contribution in [1.29, 1.82) is 0 Å². The first-order valence-corrected chi connectivity index (χ1v) is 13.6. The highest BCUT2D eigenvalue weighted by Gasteiger charge is 2.40. The van der Waals surface area contributed by atoms with Gasteiger partial charge in [-0.3, -0.25) is 9.69 Å². The first-order valence-electron chi connectivity index (χ1n) is 12.8. The molecule has 7 nitrogen and oxygen atoms in total. The predicted molar refractivity (Wildman–Crippen MR) is 134 cm³/mol. The predicted octanol–water partition coefficient (Wildman–Crippen LogP) is 4.02. The fourth-order valence-electron chi connectivity index (χ4n) is 6.41. The largest absolute Gasteiger partial charge is 0.490 e. The SMILES string of the molecule is CCC1(N2CCOCC2)CCC(Oc2ccnc3sc4c(c23)[C@@H](C[C@H](OC)C(N)=O)CC4)CC1. The summed E-state index contributed by atoms with van der Waals surface area (Å²) in [6.45, 7) is 6.11. The fourth-order valence-corrected chi connectivity index (χ4v) is 7.67. The summed E-state index contributed by atoms with van der Waals surface area (Å²) < 4.78 is 17.7. The van der Waals surface area contributed by atoms with Crippen LogP contribution in [0.3, 0.4) is 0 Å². The zero-order valence-electron chi connectivity index (χ0n) is 20.4. The summed E-state index contributed by atoms with van der Waals surface area (Å²) in [4.78, 5) is 21.5. The second kappa shape index (κ2) is 10.1. The van der Waals surface area contributed by atoms with Crippen LogP contribution in [0.1, 0.15) is 68.2 Å². The average molecular weight is 488 g/mol.